The zero-order valence-electron chi connectivity index (χ0n) is 16.7. The van der Waals surface area contributed by atoms with Crippen molar-refractivity contribution in [3.63, 3.8) is 0 Å². The average molecular weight is 445 g/mol. The Morgan fingerprint density at radius 3 is 2.19 bits per heavy atom. The topological polar surface area (TPSA) is 140 Å². The Kier molecular flexibility index (Phi) is 8.47. The molecule has 162 valence electrons. The molecular weight excluding hydrogens is 426 g/mol. The molecule has 2 rings (SSSR count). The lowest BCUT2D eigenvalue weighted by Gasteiger charge is -2.09. The van der Waals surface area contributed by atoms with Crippen molar-refractivity contribution in [3.05, 3.63) is 59.2 Å². The molecule has 0 aliphatic carbocycles. The molecule has 0 saturated heterocycles. The maximum Gasteiger partial charge on any atom is 0.338 e. The van der Waals surface area contributed by atoms with E-state index in [1.165, 1.54) is 30.8 Å². The van der Waals surface area contributed by atoms with E-state index in [0.29, 0.717) is 10.5 Å². The van der Waals surface area contributed by atoms with Gasteiger partial charge in [-0.1, -0.05) is 16.9 Å². The van der Waals surface area contributed by atoms with Gasteiger partial charge in [0, 0.05) is 22.3 Å². The van der Waals surface area contributed by atoms with Crippen LogP contribution in [0.15, 0.2) is 57.4 Å². The number of aliphatic hydroxyl groups is 1. The summed E-state index contributed by atoms with van der Waals surface area (Å²) in [5.41, 5.74) is -0.168. The standard InChI is InChI=1S/C21H19NO8S/c1-12(22-30-13(2)24)19(25)17-8-7-16(11-18(17)20(26)27)31-15-5-3-14(4-6-15)21(28)29-10-9-23/h3-8,11,23H,9-10H2,1-2H3,(H,26,27)/b22-12+. The highest BCUT2D eigenvalue weighted by Crippen LogP contribution is 2.30. The third-order valence-corrected chi connectivity index (χ3v) is 4.75. The van der Waals surface area contributed by atoms with Crippen molar-refractivity contribution in [1.29, 1.82) is 0 Å². The first kappa shape index (κ1) is 23.8. The largest absolute Gasteiger partial charge is 0.478 e. The maximum atomic E-state index is 12.5. The number of carbonyl (C=O) groups is 4. The van der Waals surface area contributed by atoms with E-state index in [1.54, 1.807) is 30.3 Å². The second-order valence-electron chi connectivity index (χ2n) is 6.09. The van der Waals surface area contributed by atoms with Crippen LogP contribution < -0.4 is 0 Å². The highest BCUT2D eigenvalue weighted by molar-refractivity contribution is 7.99. The van der Waals surface area contributed by atoms with Crippen molar-refractivity contribution < 1.29 is 39.0 Å². The molecule has 0 unspecified atom stereocenters. The number of Topliss-reactive ketones (excluding diaryl/α,β-unsaturated/α-hetero) is 1. The molecule has 10 heteroatoms. The van der Waals surface area contributed by atoms with E-state index >= 15 is 0 Å². The number of hydrogen-bond acceptors (Lipinski definition) is 9. The van der Waals surface area contributed by atoms with E-state index in [1.807, 2.05) is 0 Å². The smallest absolute Gasteiger partial charge is 0.338 e. The van der Waals surface area contributed by atoms with Crippen molar-refractivity contribution in [3.8, 4) is 0 Å². The second kappa shape index (κ2) is 11.0. The van der Waals surface area contributed by atoms with E-state index in [9.17, 15) is 24.3 Å². The molecule has 0 aliphatic rings. The van der Waals surface area contributed by atoms with Gasteiger partial charge in [-0.25, -0.2) is 14.4 Å². The molecule has 0 aromatic heterocycles. The predicted octanol–water partition coefficient (Wildman–Crippen LogP) is 2.81. The minimum absolute atomic E-state index is 0.0905. The second-order valence-corrected chi connectivity index (χ2v) is 7.23. The Morgan fingerprint density at radius 1 is 0.968 bits per heavy atom. The molecule has 0 radical (unpaired) electrons. The number of rotatable bonds is 9. The van der Waals surface area contributed by atoms with Gasteiger partial charge < -0.3 is 19.8 Å². The quantitative estimate of drug-likeness (QED) is 0.196. The first-order chi connectivity index (χ1) is 14.7. The Morgan fingerprint density at radius 2 is 1.61 bits per heavy atom. The lowest BCUT2D eigenvalue weighted by molar-refractivity contribution is -0.140. The van der Waals surface area contributed by atoms with Gasteiger partial charge in [-0.05, 0) is 49.4 Å². The lowest BCUT2D eigenvalue weighted by Crippen LogP contribution is -2.16. The normalized spacial score (nSPS) is 11.0. The van der Waals surface area contributed by atoms with E-state index in [2.05, 4.69) is 9.99 Å². The van der Waals surface area contributed by atoms with Crippen LogP contribution in [0.1, 0.15) is 44.9 Å². The molecule has 0 saturated carbocycles. The molecule has 2 aromatic rings. The molecule has 0 atom stereocenters. The number of carboxylic acids is 1. The van der Waals surface area contributed by atoms with Gasteiger partial charge >= 0.3 is 17.9 Å². The van der Waals surface area contributed by atoms with Crippen LogP contribution in [0, 0.1) is 0 Å². The number of carbonyl (C=O) groups excluding carboxylic acids is 3. The van der Waals surface area contributed by atoms with Gasteiger partial charge in [-0.15, -0.1) is 0 Å². The van der Waals surface area contributed by atoms with Gasteiger partial charge in [0.15, 0.2) is 0 Å². The van der Waals surface area contributed by atoms with Gasteiger partial charge in [0.25, 0.3) is 0 Å². The number of aromatic carboxylic acids is 1. The fraction of sp³-hybridized carbons (Fsp3) is 0.190. The zero-order chi connectivity index (χ0) is 23.0. The zero-order valence-corrected chi connectivity index (χ0v) is 17.5. The summed E-state index contributed by atoms with van der Waals surface area (Å²) in [4.78, 5) is 52.4. The Hall–Kier alpha value is -3.50. The molecule has 0 amide bonds. The molecule has 0 bridgehead atoms. The van der Waals surface area contributed by atoms with Crippen molar-refractivity contribution in [2.75, 3.05) is 13.2 Å². The SMILES string of the molecule is CC(=O)O/N=C(\C)C(=O)c1ccc(Sc2ccc(C(=O)OCCO)cc2)cc1C(=O)O. The third kappa shape index (κ3) is 6.76. The van der Waals surface area contributed by atoms with Crippen LogP contribution in [0.4, 0.5) is 0 Å². The van der Waals surface area contributed by atoms with E-state index in [4.69, 9.17) is 9.84 Å². The maximum absolute atomic E-state index is 12.5. The van der Waals surface area contributed by atoms with Gasteiger partial charge in [0.1, 0.15) is 12.3 Å². The van der Waals surface area contributed by atoms with Crippen LogP contribution in [0.25, 0.3) is 0 Å². The fourth-order valence-electron chi connectivity index (χ4n) is 2.35. The van der Waals surface area contributed by atoms with Crippen molar-refractivity contribution in [2.24, 2.45) is 5.16 Å². The molecule has 0 aliphatic heterocycles. The highest BCUT2D eigenvalue weighted by atomic mass is 32.2. The van der Waals surface area contributed by atoms with Crippen LogP contribution in [-0.2, 0) is 14.4 Å². The third-order valence-electron chi connectivity index (χ3n) is 3.76. The van der Waals surface area contributed by atoms with Gasteiger partial charge in [-0.3, -0.25) is 4.79 Å². The lowest BCUT2D eigenvalue weighted by atomic mass is 10.0. The number of ketones is 1. The van der Waals surface area contributed by atoms with Gasteiger partial charge in [-0.2, -0.15) is 0 Å². The van der Waals surface area contributed by atoms with Crippen LogP contribution in [-0.4, -0.2) is 52.8 Å². The summed E-state index contributed by atoms with van der Waals surface area (Å²) in [6.45, 7) is 2.08. The van der Waals surface area contributed by atoms with Crippen LogP contribution in [0.5, 0.6) is 0 Å². The summed E-state index contributed by atoms with van der Waals surface area (Å²) in [7, 11) is 0. The van der Waals surface area contributed by atoms with Crippen molar-refractivity contribution >= 4 is 41.2 Å². The number of hydrogen-bond donors (Lipinski definition) is 2. The summed E-state index contributed by atoms with van der Waals surface area (Å²) in [6.07, 6.45) is 0. The Bertz CT molecular complexity index is 1030. The average Bonchev–Trinajstić information content (AvgIpc) is 2.75. The van der Waals surface area contributed by atoms with E-state index in [0.717, 1.165) is 11.8 Å². The summed E-state index contributed by atoms with van der Waals surface area (Å²) in [5, 5.41) is 21.6. The fourth-order valence-corrected chi connectivity index (χ4v) is 3.20. The molecule has 0 heterocycles. The van der Waals surface area contributed by atoms with E-state index < -0.39 is 23.7 Å². The van der Waals surface area contributed by atoms with E-state index in [-0.39, 0.29) is 30.1 Å². The summed E-state index contributed by atoms with van der Waals surface area (Å²) in [5.74, 6) is -3.24. The molecular formula is C21H19NO8S. The van der Waals surface area contributed by atoms with Crippen LogP contribution in [0.3, 0.4) is 0 Å². The summed E-state index contributed by atoms with van der Waals surface area (Å²) < 4.78 is 4.83. The van der Waals surface area contributed by atoms with Crippen molar-refractivity contribution in [1.82, 2.24) is 0 Å². The molecule has 2 aromatic carbocycles. The van der Waals surface area contributed by atoms with Crippen LogP contribution in [0.2, 0.25) is 0 Å². The van der Waals surface area contributed by atoms with Crippen LogP contribution >= 0.6 is 11.8 Å². The number of oxime groups is 1. The first-order valence-corrected chi connectivity index (χ1v) is 9.74. The molecule has 0 fully saturated rings. The number of esters is 1. The minimum Gasteiger partial charge on any atom is -0.478 e. The number of benzene rings is 2. The number of carboxylic acid groups (broad SMARTS) is 1. The molecule has 31 heavy (non-hydrogen) atoms. The molecule has 2 N–H and O–H groups in total. The number of aliphatic hydroxyl groups excluding tert-OH is 1. The summed E-state index contributed by atoms with van der Waals surface area (Å²) >= 11 is 1.23. The highest BCUT2D eigenvalue weighted by Gasteiger charge is 2.20. The monoisotopic (exact) mass is 445 g/mol. The molecule has 9 nitrogen and oxygen atoms in total. The van der Waals surface area contributed by atoms with Gasteiger partial charge in [0.2, 0.25) is 5.78 Å². The van der Waals surface area contributed by atoms with Crippen molar-refractivity contribution in [2.45, 2.75) is 23.6 Å². The minimum atomic E-state index is -1.30. The predicted molar refractivity (Wildman–Crippen MR) is 111 cm³/mol. The number of nitrogens with zero attached hydrogens (tertiary/aromatic N) is 1. The molecule has 0 spiro atoms. The first-order valence-electron chi connectivity index (χ1n) is 8.93. The Balaban J connectivity index is 2.22. The summed E-state index contributed by atoms with van der Waals surface area (Å²) in [6, 6.07) is 10.7. The number of ether oxygens (including phenoxy) is 1. The van der Waals surface area contributed by atoms with Gasteiger partial charge in [0.05, 0.1) is 17.7 Å². The Labute approximate surface area is 181 Å².